The molecular weight excluding hydrogens is 206 g/mol. The summed E-state index contributed by atoms with van der Waals surface area (Å²) in [6.07, 6.45) is 4.01. The van der Waals surface area contributed by atoms with Gasteiger partial charge in [0.25, 0.3) is 0 Å². The summed E-state index contributed by atoms with van der Waals surface area (Å²) < 4.78 is 5.07. The Labute approximate surface area is 97.6 Å². The smallest absolute Gasteiger partial charge is 0.320 e. The lowest BCUT2D eigenvalue weighted by Gasteiger charge is -2.35. The molecule has 0 unspecified atom stereocenters. The Morgan fingerprint density at radius 3 is 2.56 bits per heavy atom. The maximum Gasteiger partial charge on any atom is 0.320 e. The van der Waals surface area contributed by atoms with E-state index in [-0.39, 0.29) is 6.04 Å². The Bertz CT molecular complexity index is 212. The largest absolute Gasteiger partial charge is 0.480 e. The van der Waals surface area contributed by atoms with Gasteiger partial charge in [-0.3, -0.25) is 9.69 Å². The first-order valence-corrected chi connectivity index (χ1v) is 6.14. The molecule has 1 aliphatic heterocycles. The summed E-state index contributed by atoms with van der Waals surface area (Å²) in [5.74, 6) is 0.0281. The van der Waals surface area contributed by atoms with Crippen LogP contribution in [0.4, 0.5) is 0 Å². The number of rotatable bonds is 6. The van der Waals surface area contributed by atoms with Gasteiger partial charge < -0.3 is 9.84 Å². The van der Waals surface area contributed by atoms with Crippen molar-refractivity contribution in [2.75, 3.05) is 26.8 Å². The maximum atomic E-state index is 11.0. The summed E-state index contributed by atoms with van der Waals surface area (Å²) in [7, 11) is 1.73. The molecule has 0 amide bonds. The first-order valence-electron chi connectivity index (χ1n) is 6.14. The highest BCUT2D eigenvalue weighted by Gasteiger charge is 2.27. The lowest BCUT2D eigenvalue weighted by molar-refractivity contribution is -0.144. The predicted octanol–water partition coefficient (Wildman–Crippen LogP) is 1.60. The Morgan fingerprint density at radius 2 is 2.12 bits per heavy atom. The van der Waals surface area contributed by atoms with Crippen molar-refractivity contribution in [1.82, 2.24) is 4.90 Å². The zero-order chi connectivity index (χ0) is 12.0. The number of aliphatic carboxylic acids is 1. The quantitative estimate of drug-likeness (QED) is 0.751. The Morgan fingerprint density at radius 1 is 1.50 bits per heavy atom. The van der Waals surface area contributed by atoms with Gasteiger partial charge in [-0.2, -0.15) is 0 Å². The molecule has 1 rings (SSSR count). The van der Waals surface area contributed by atoms with E-state index < -0.39 is 5.97 Å². The lowest BCUT2D eigenvalue weighted by Crippen LogP contribution is -2.45. The molecule has 4 nitrogen and oxygen atoms in total. The molecule has 1 atom stereocenters. The van der Waals surface area contributed by atoms with E-state index >= 15 is 0 Å². The van der Waals surface area contributed by atoms with E-state index in [0.717, 1.165) is 39.0 Å². The van der Waals surface area contributed by atoms with E-state index in [4.69, 9.17) is 9.84 Å². The number of ether oxygens (including phenoxy) is 1. The van der Waals surface area contributed by atoms with Crippen LogP contribution in [0.25, 0.3) is 0 Å². The van der Waals surface area contributed by atoms with Crippen molar-refractivity contribution < 1.29 is 14.6 Å². The molecule has 16 heavy (non-hydrogen) atoms. The molecule has 0 aromatic rings. The summed E-state index contributed by atoms with van der Waals surface area (Å²) in [6.45, 7) is 4.59. The fraction of sp³-hybridized carbons (Fsp3) is 0.917. The number of carboxylic acids is 1. The Hall–Kier alpha value is -0.610. The number of methoxy groups -OCH3 is 1. The van der Waals surface area contributed by atoms with Gasteiger partial charge in [0, 0.05) is 13.7 Å². The molecule has 0 bridgehead atoms. The molecule has 1 fully saturated rings. The SMILES string of the molecule is CC[C@@H](C(=O)O)N1CCC(CCOC)CC1. The van der Waals surface area contributed by atoms with Gasteiger partial charge in [0.2, 0.25) is 0 Å². The second-order valence-corrected chi connectivity index (χ2v) is 4.52. The maximum absolute atomic E-state index is 11.0. The van der Waals surface area contributed by atoms with Gasteiger partial charge in [-0.05, 0) is 44.7 Å². The molecule has 0 aromatic carbocycles. The fourth-order valence-corrected chi connectivity index (χ4v) is 2.43. The van der Waals surface area contributed by atoms with Crippen LogP contribution in [0.3, 0.4) is 0 Å². The first-order chi connectivity index (χ1) is 7.69. The zero-order valence-corrected chi connectivity index (χ0v) is 10.3. The highest BCUT2D eigenvalue weighted by atomic mass is 16.5. The van der Waals surface area contributed by atoms with E-state index in [1.807, 2.05) is 6.92 Å². The normalized spacial score (nSPS) is 20.9. The van der Waals surface area contributed by atoms with Crippen molar-refractivity contribution in [3.63, 3.8) is 0 Å². The summed E-state index contributed by atoms with van der Waals surface area (Å²) in [5, 5.41) is 9.07. The van der Waals surface area contributed by atoms with Gasteiger partial charge in [0.15, 0.2) is 0 Å². The van der Waals surface area contributed by atoms with Gasteiger partial charge in [0.1, 0.15) is 6.04 Å². The van der Waals surface area contributed by atoms with E-state index in [0.29, 0.717) is 12.3 Å². The molecule has 0 radical (unpaired) electrons. The van der Waals surface area contributed by atoms with E-state index in [9.17, 15) is 4.79 Å². The van der Waals surface area contributed by atoms with Crippen molar-refractivity contribution in [3.8, 4) is 0 Å². The molecule has 0 saturated carbocycles. The Kier molecular flexibility index (Phi) is 5.77. The second kappa shape index (κ2) is 6.86. The van der Waals surface area contributed by atoms with Crippen molar-refractivity contribution >= 4 is 5.97 Å². The first kappa shape index (κ1) is 13.5. The summed E-state index contributed by atoms with van der Waals surface area (Å²) in [4.78, 5) is 13.1. The zero-order valence-electron chi connectivity index (χ0n) is 10.3. The third-order valence-corrected chi connectivity index (χ3v) is 3.49. The van der Waals surface area contributed by atoms with Crippen molar-refractivity contribution in [3.05, 3.63) is 0 Å². The molecule has 94 valence electrons. The molecule has 1 aliphatic rings. The van der Waals surface area contributed by atoms with Crippen LogP contribution in [-0.2, 0) is 9.53 Å². The van der Waals surface area contributed by atoms with Crippen LogP contribution in [-0.4, -0.2) is 48.8 Å². The monoisotopic (exact) mass is 229 g/mol. The van der Waals surface area contributed by atoms with Crippen LogP contribution in [0.5, 0.6) is 0 Å². The highest BCUT2D eigenvalue weighted by Crippen LogP contribution is 2.22. The minimum absolute atomic E-state index is 0.289. The van der Waals surface area contributed by atoms with Crippen molar-refractivity contribution in [1.29, 1.82) is 0 Å². The Balaban J connectivity index is 2.33. The molecule has 1 saturated heterocycles. The average molecular weight is 229 g/mol. The molecule has 1 heterocycles. The van der Waals surface area contributed by atoms with E-state index in [1.54, 1.807) is 7.11 Å². The number of carbonyl (C=O) groups is 1. The summed E-state index contributed by atoms with van der Waals surface area (Å²) in [5.41, 5.74) is 0. The molecule has 0 aliphatic carbocycles. The topological polar surface area (TPSA) is 49.8 Å². The summed E-state index contributed by atoms with van der Waals surface area (Å²) >= 11 is 0. The van der Waals surface area contributed by atoms with Crippen molar-refractivity contribution in [2.24, 2.45) is 5.92 Å². The lowest BCUT2D eigenvalue weighted by atomic mass is 9.93. The van der Waals surface area contributed by atoms with Crippen LogP contribution in [0.15, 0.2) is 0 Å². The number of likely N-dealkylation sites (tertiary alicyclic amines) is 1. The van der Waals surface area contributed by atoms with Crippen LogP contribution < -0.4 is 0 Å². The third-order valence-electron chi connectivity index (χ3n) is 3.49. The number of piperidine rings is 1. The third kappa shape index (κ3) is 3.76. The number of hydrogen-bond donors (Lipinski definition) is 1. The second-order valence-electron chi connectivity index (χ2n) is 4.52. The van der Waals surface area contributed by atoms with Gasteiger partial charge in [-0.1, -0.05) is 6.92 Å². The number of carboxylic acid groups (broad SMARTS) is 1. The van der Waals surface area contributed by atoms with Gasteiger partial charge in [-0.25, -0.2) is 0 Å². The van der Waals surface area contributed by atoms with Crippen LogP contribution in [0.1, 0.15) is 32.6 Å². The molecule has 1 N–H and O–H groups in total. The highest BCUT2D eigenvalue weighted by molar-refractivity contribution is 5.73. The minimum Gasteiger partial charge on any atom is -0.480 e. The number of nitrogens with zero attached hydrogens (tertiary/aromatic N) is 1. The minimum atomic E-state index is -0.683. The van der Waals surface area contributed by atoms with Crippen LogP contribution in [0.2, 0.25) is 0 Å². The van der Waals surface area contributed by atoms with Gasteiger partial charge in [0.05, 0.1) is 0 Å². The molecule has 4 heteroatoms. The summed E-state index contributed by atoms with van der Waals surface area (Å²) in [6, 6.07) is -0.289. The van der Waals surface area contributed by atoms with E-state index in [2.05, 4.69) is 4.90 Å². The van der Waals surface area contributed by atoms with Crippen LogP contribution >= 0.6 is 0 Å². The van der Waals surface area contributed by atoms with Crippen LogP contribution in [0, 0.1) is 5.92 Å². The molecule has 0 aromatic heterocycles. The molecular formula is C12H23NO3. The van der Waals surface area contributed by atoms with E-state index in [1.165, 1.54) is 0 Å². The molecule has 0 spiro atoms. The average Bonchev–Trinajstić information content (AvgIpc) is 2.28. The predicted molar refractivity (Wildman–Crippen MR) is 62.5 cm³/mol. The standard InChI is InChI=1S/C12H23NO3/c1-3-11(12(14)15)13-7-4-10(5-8-13)6-9-16-2/h10-11H,3-9H2,1-2H3,(H,14,15)/t11-/m0/s1. The van der Waals surface area contributed by atoms with Gasteiger partial charge in [-0.15, -0.1) is 0 Å². The van der Waals surface area contributed by atoms with Crippen molar-refractivity contribution in [2.45, 2.75) is 38.6 Å². The number of hydrogen-bond acceptors (Lipinski definition) is 3. The van der Waals surface area contributed by atoms with Gasteiger partial charge >= 0.3 is 5.97 Å². The fourth-order valence-electron chi connectivity index (χ4n) is 2.43.